The smallest absolute Gasteiger partial charge is 0.421 e. The van der Waals surface area contributed by atoms with Crippen molar-refractivity contribution in [2.24, 2.45) is 0 Å². The van der Waals surface area contributed by atoms with E-state index in [-0.39, 0.29) is 7.05 Å². The number of nitrogens with one attached hydrogen (secondary N) is 1. The minimum absolute atomic E-state index is 0.0141. The molecule has 49 heavy (non-hydrogen) atoms. The van der Waals surface area contributed by atoms with E-state index in [1.807, 2.05) is 0 Å². The van der Waals surface area contributed by atoms with Crippen LogP contribution in [-0.2, 0) is 30.3 Å². The molecule has 4 aromatic rings. The lowest BCUT2D eigenvalue weighted by Crippen LogP contribution is -3.19. The van der Waals surface area contributed by atoms with Crippen molar-refractivity contribution >= 4 is 43.3 Å². The summed E-state index contributed by atoms with van der Waals surface area (Å²) in [4.78, 5) is 1.58. The molecule has 0 aromatic heterocycles. The molecule has 4 aromatic carbocycles. The van der Waals surface area contributed by atoms with Crippen molar-refractivity contribution in [2.75, 3.05) is 6.54 Å². The number of fused-ring (bicyclic) bond motifs is 2. The van der Waals surface area contributed by atoms with E-state index in [4.69, 9.17) is 4.65 Å². The predicted octanol–water partition coefficient (Wildman–Crippen LogP) is 5.85. The van der Waals surface area contributed by atoms with Gasteiger partial charge in [-0.05, 0) is 49.6 Å². The Balaban J connectivity index is 0.000000266. The molecule has 0 spiro atoms. The lowest BCUT2D eigenvalue weighted by molar-refractivity contribution is -0.799. The van der Waals surface area contributed by atoms with Crippen molar-refractivity contribution < 1.29 is 52.6 Å². The molecular formula is C33H33BF6N2O5S2. The SMILES string of the molecule is Cc1cc(C)cc(C2(c3cc(C)cc(C)c3)OB(c3cccc4ccccc34)[NH+]3CCC[C@@H]32)c1.O=S(=O)([N-]S(=O)(=O)C(F)(F)F)C(F)(F)F. The zero-order valence-electron chi connectivity index (χ0n) is 26.9. The monoisotopic (exact) mass is 726 g/mol. The van der Waals surface area contributed by atoms with Gasteiger partial charge in [0.15, 0.2) is 25.6 Å². The average molecular weight is 727 g/mol. The minimum Gasteiger partial charge on any atom is -0.421 e. The minimum atomic E-state index is -6.72. The van der Waals surface area contributed by atoms with Crippen LogP contribution in [0, 0.1) is 27.7 Å². The number of nitrogens with zero attached hydrogens (tertiary/aromatic N) is 1. The fraction of sp³-hybridized carbons (Fsp3) is 0.333. The van der Waals surface area contributed by atoms with Gasteiger partial charge in [-0.15, -0.1) is 0 Å². The summed E-state index contributed by atoms with van der Waals surface area (Å²) in [6.45, 7) is 9.99. The number of quaternary nitrogens is 1. The van der Waals surface area contributed by atoms with Crippen molar-refractivity contribution in [3.8, 4) is 0 Å². The summed E-state index contributed by atoms with van der Waals surface area (Å²) in [5.41, 5.74) is -3.73. The van der Waals surface area contributed by atoms with Gasteiger partial charge in [-0.25, -0.2) is 16.8 Å². The first kappa shape index (κ1) is 36.8. The Morgan fingerprint density at radius 3 is 1.69 bits per heavy atom. The maximum absolute atomic E-state index is 11.4. The normalized spacial score (nSPS) is 19.4. The largest absolute Gasteiger partial charge is 0.611 e. The predicted molar refractivity (Wildman–Crippen MR) is 175 cm³/mol. The molecule has 2 saturated heterocycles. The van der Waals surface area contributed by atoms with Crippen LogP contribution < -0.4 is 10.3 Å². The highest BCUT2D eigenvalue weighted by atomic mass is 32.3. The van der Waals surface area contributed by atoms with Gasteiger partial charge < -0.3 is 13.6 Å². The Hall–Kier alpha value is -3.44. The molecule has 2 aliphatic rings. The zero-order chi connectivity index (χ0) is 36.2. The van der Waals surface area contributed by atoms with Gasteiger partial charge in [0.25, 0.3) is 0 Å². The lowest BCUT2D eigenvalue weighted by Gasteiger charge is -2.34. The number of alkyl halides is 6. The molecule has 2 heterocycles. The van der Waals surface area contributed by atoms with Crippen molar-refractivity contribution in [3.63, 3.8) is 0 Å². The third kappa shape index (κ3) is 7.11. The van der Waals surface area contributed by atoms with E-state index in [0.717, 1.165) is 10.7 Å². The second-order valence-corrected chi connectivity index (χ2v) is 15.9. The number of rotatable bonds is 5. The maximum Gasteiger partial charge on any atom is 0.611 e. The van der Waals surface area contributed by atoms with Gasteiger partial charge in [-0.1, -0.05) is 101 Å². The Kier molecular flexibility index (Phi) is 9.80. The number of halogens is 6. The highest BCUT2D eigenvalue weighted by Crippen LogP contribution is 2.43. The van der Waals surface area contributed by atoms with Crippen molar-refractivity contribution in [2.45, 2.75) is 63.2 Å². The summed E-state index contributed by atoms with van der Waals surface area (Å²) in [5.74, 6) is 0. The number of aryl methyl sites for hydroxylation is 4. The molecule has 7 nitrogen and oxygen atoms in total. The molecule has 2 aliphatic heterocycles. The summed E-state index contributed by atoms with van der Waals surface area (Å²) in [7, 11) is -13.4. The van der Waals surface area contributed by atoms with Gasteiger partial charge in [-0.2, -0.15) is 26.3 Å². The molecule has 6 rings (SSSR count). The van der Waals surface area contributed by atoms with Crippen LogP contribution in [0.3, 0.4) is 0 Å². The highest BCUT2D eigenvalue weighted by molar-refractivity contribution is 8.13. The number of benzene rings is 4. The lowest BCUT2D eigenvalue weighted by atomic mass is 9.70. The Morgan fingerprint density at radius 1 is 0.735 bits per heavy atom. The highest BCUT2D eigenvalue weighted by Gasteiger charge is 2.64. The van der Waals surface area contributed by atoms with Crippen molar-refractivity contribution in [1.82, 2.24) is 0 Å². The Labute approximate surface area is 281 Å². The Bertz CT molecular complexity index is 1970. The number of sulfonamides is 2. The molecule has 0 aliphatic carbocycles. The average Bonchev–Trinajstić information content (AvgIpc) is 3.57. The summed E-state index contributed by atoms with van der Waals surface area (Å²) >= 11 is 0. The quantitative estimate of drug-likeness (QED) is 0.206. The molecular weight excluding hydrogens is 693 g/mol. The standard InChI is InChI=1S/C31H32BNO.C2F6NO4S2/c1-21-15-22(2)18-26(17-21)31(27-19-23(3)16-24(4)20-27)30-13-8-14-33(30)32(34-31)29-12-7-10-25-9-5-6-11-28(25)29;3-1(4,5)14(10,11)9-15(12,13)2(6,7)8/h5-7,9-12,15-20,30H,8,13-14H2,1-4H3;/q;-1/p+1/t30-;/m1./s1. The molecule has 16 heteroatoms. The van der Waals surface area contributed by atoms with E-state index in [9.17, 15) is 43.2 Å². The Morgan fingerprint density at radius 2 is 1.20 bits per heavy atom. The summed E-state index contributed by atoms with van der Waals surface area (Å²) in [6, 6.07) is 29.8. The molecule has 0 saturated carbocycles. The second kappa shape index (κ2) is 13.0. The van der Waals surface area contributed by atoms with Crippen LogP contribution in [0.5, 0.6) is 0 Å². The van der Waals surface area contributed by atoms with Crippen LogP contribution >= 0.6 is 0 Å². The fourth-order valence-electron chi connectivity index (χ4n) is 7.03. The van der Waals surface area contributed by atoms with E-state index in [2.05, 4.69) is 107 Å². The first-order valence-corrected chi connectivity index (χ1v) is 18.1. The van der Waals surface area contributed by atoms with Gasteiger partial charge in [0, 0.05) is 18.3 Å². The van der Waals surface area contributed by atoms with E-state index >= 15 is 0 Å². The van der Waals surface area contributed by atoms with Crippen LogP contribution in [0.4, 0.5) is 26.3 Å². The van der Waals surface area contributed by atoms with E-state index < -0.39 is 36.7 Å². The van der Waals surface area contributed by atoms with Crippen molar-refractivity contribution in [1.29, 1.82) is 0 Å². The molecule has 0 radical (unpaired) electrons. The van der Waals surface area contributed by atoms with Gasteiger partial charge in [0.1, 0.15) is 6.04 Å². The fourth-order valence-corrected chi connectivity index (χ4v) is 8.74. The molecule has 262 valence electrons. The van der Waals surface area contributed by atoms with E-state index in [1.54, 1.807) is 4.81 Å². The molecule has 0 amide bonds. The van der Waals surface area contributed by atoms with Gasteiger partial charge in [0.05, 0.1) is 6.54 Å². The molecule has 0 bridgehead atoms. The number of hydrogen-bond donors (Lipinski definition) is 1. The van der Waals surface area contributed by atoms with E-state index in [1.165, 1.54) is 62.5 Å². The number of hydrogen-bond acceptors (Lipinski definition) is 5. The molecule has 2 atom stereocenters. The van der Waals surface area contributed by atoms with Crippen LogP contribution in [0.2, 0.25) is 0 Å². The van der Waals surface area contributed by atoms with Gasteiger partial charge in [0.2, 0.25) is 0 Å². The van der Waals surface area contributed by atoms with Crippen molar-refractivity contribution in [3.05, 3.63) is 116 Å². The van der Waals surface area contributed by atoms with Crippen LogP contribution in [0.25, 0.3) is 14.9 Å². The summed E-state index contributed by atoms with van der Waals surface area (Å²) in [5, 5.41) is 2.60. The molecule has 2 fully saturated rings. The third-order valence-corrected chi connectivity index (χ3v) is 11.5. The first-order valence-electron chi connectivity index (χ1n) is 15.2. The maximum atomic E-state index is 11.4. The topological polar surface area (TPSA) is 96.1 Å². The molecule has 1 unspecified atom stereocenters. The zero-order valence-corrected chi connectivity index (χ0v) is 28.5. The summed E-state index contributed by atoms with van der Waals surface area (Å²) in [6.07, 6.45) is 2.42. The van der Waals surface area contributed by atoms with Crippen LogP contribution in [0.15, 0.2) is 78.9 Å². The first-order chi connectivity index (χ1) is 22.7. The van der Waals surface area contributed by atoms with Crippen LogP contribution in [0.1, 0.15) is 46.2 Å². The second-order valence-electron chi connectivity index (χ2n) is 12.5. The van der Waals surface area contributed by atoms with Gasteiger partial charge >= 0.3 is 18.1 Å². The van der Waals surface area contributed by atoms with E-state index in [0.29, 0.717) is 6.04 Å². The van der Waals surface area contributed by atoms with Gasteiger partial charge in [-0.3, -0.25) is 0 Å². The third-order valence-electron chi connectivity index (χ3n) is 8.73. The van der Waals surface area contributed by atoms with Crippen LogP contribution in [-0.4, -0.2) is 47.5 Å². The molecule has 1 N–H and O–H groups in total. The summed E-state index contributed by atoms with van der Waals surface area (Å²) < 4.78 is 117.